The van der Waals surface area contributed by atoms with Crippen LogP contribution >= 0.6 is 0 Å². The lowest BCUT2D eigenvalue weighted by molar-refractivity contribution is -0.384. The quantitative estimate of drug-likeness (QED) is 0.695. The van der Waals surface area contributed by atoms with Crippen LogP contribution < -0.4 is 10.1 Å². The Balaban J connectivity index is 1.56. The lowest BCUT2D eigenvalue weighted by Gasteiger charge is -2.25. The fourth-order valence-electron chi connectivity index (χ4n) is 2.60. The van der Waals surface area contributed by atoms with Crippen LogP contribution in [-0.4, -0.2) is 24.0 Å². The second-order valence-electron chi connectivity index (χ2n) is 5.50. The molecular formula is C17H16N2O4. The van der Waals surface area contributed by atoms with Gasteiger partial charge in [-0.15, -0.1) is 0 Å². The first kappa shape index (κ1) is 15.0. The third kappa shape index (κ3) is 3.48. The minimum atomic E-state index is -0.488. The van der Waals surface area contributed by atoms with Gasteiger partial charge >= 0.3 is 0 Å². The molecule has 118 valence electrons. The molecule has 1 aliphatic rings. The fraction of sp³-hybridized carbons (Fsp3) is 0.235. The van der Waals surface area contributed by atoms with E-state index in [2.05, 4.69) is 5.32 Å². The van der Waals surface area contributed by atoms with Crippen LogP contribution in [0.25, 0.3) is 0 Å². The summed E-state index contributed by atoms with van der Waals surface area (Å²) in [5, 5.41) is 13.5. The van der Waals surface area contributed by atoms with Gasteiger partial charge in [0.2, 0.25) is 0 Å². The average molecular weight is 312 g/mol. The van der Waals surface area contributed by atoms with Gasteiger partial charge in [0.1, 0.15) is 5.75 Å². The Morgan fingerprint density at radius 1 is 1.22 bits per heavy atom. The summed E-state index contributed by atoms with van der Waals surface area (Å²) < 4.78 is 5.69. The summed E-state index contributed by atoms with van der Waals surface area (Å²) in [7, 11) is 0. The Labute approximate surface area is 133 Å². The number of nitro groups is 1. The molecule has 0 spiro atoms. The number of hydrogen-bond donors (Lipinski definition) is 1. The van der Waals surface area contributed by atoms with Crippen molar-refractivity contribution in [2.24, 2.45) is 5.92 Å². The lowest BCUT2D eigenvalue weighted by atomic mass is 9.96. The molecule has 1 N–H and O–H groups in total. The molecule has 1 heterocycles. The molecule has 0 bridgehead atoms. The normalized spacial score (nSPS) is 16.1. The fourth-order valence-corrected chi connectivity index (χ4v) is 2.60. The van der Waals surface area contributed by atoms with Gasteiger partial charge in [-0.1, -0.05) is 18.2 Å². The largest absolute Gasteiger partial charge is 0.493 e. The number of fused-ring (bicyclic) bond motifs is 1. The van der Waals surface area contributed by atoms with E-state index in [9.17, 15) is 14.9 Å². The zero-order valence-corrected chi connectivity index (χ0v) is 12.4. The van der Waals surface area contributed by atoms with Crippen LogP contribution in [0.15, 0.2) is 48.5 Å². The maximum absolute atomic E-state index is 12.1. The topological polar surface area (TPSA) is 81.5 Å². The summed E-state index contributed by atoms with van der Waals surface area (Å²) in [4.78, 5) is 22.2. The van der Waals surface area contributed by atoms with Gasteiger partial charge < -0.3 is 10.1 Å². The number of nitro benzene ring substituents is 1. The highest BCUT2D eigenvalue weighted by Crippen LogP contribution is 2.26. The Bertz CT molecular complexity index is 728. The number of ether oxygens (including phenoxy) is 1. The molecule has 0 saturated heterocycles. The van der Waals surface area contributed by atoms with Gasteiger partial charge in [0.15, 0.2) is 0 Å². The highest BCUT2D eigenvalue weighted by atomic mass is 16.6. The number of hydrogen-bond acceptors (Lipinski definition) is 4. The lowest BCUT2D eigenvalue weighted by Crippen LogP contribution is -2.34. The summed E-state index contributed by atoms with van der Waals surface area (Å²) in [6.07, 6.45) is 0.858. The minimum absolute atomic E-state index is 0.0289. The zero-order chi connectivity index (χ0) is 16.2. The van der Waals surface area contributed by atoms with Crippen molar-refractivity contribution in [2.75, 3.05) is 13.2 Å². The molecule has 0 unspecified atom stereocenters. The maximum atomic E-state index is 12.1. The first-order valence-corrected chi connectivity index (χ1v) is 7.37. The van der Waals surface area contributed by atoms with Crippen LogP contribution in [0.3, 0.4) is 0 Å². The molecule has 6 nitrogen and oxygen atoms in total. The van der Waals surface area contributed by atoms with Crippen molar-refractivity contribution in [1.29, 1.82) is 0 Å². The minimum Gasteiger partial charge on any atom is -0.493 e. The van der Waals surface area contributed by atoms with Gasteiger partial charge in [-0.05, 0) is 30.2 Å². The molecule has 3 rings (SSSR count). The molecule has 2 aromatic carbocycles. The van der Waals surface area contributed by atoms with E-state index in [1.54, 1.807) is 0 Å². The van der Waals surface area contributed by atoms with Crippen molar-refractivity contribution < 1.29 is 14.5 Å². The van der Waals surface area contributed by atoms with Gasteiger partial charge in [-0.25, -0.2) is 0 Å². The molecule has 0 aromatic heterocycles. The first-order valence-electron chi connectivity index (χ1n) is 7.37. The SMILES string of the molecule is O=C(NC[C@H]1COc2ccccc2C1)c1ccc([N+](=O)[O-])cc1. The number of nitrogens with one attached hydrogen (secondary N) is 1. The molecule has 0 radical (unpaired) electrons. The number of para-hydroxylation sites is 1. The summed E-state index contributed by atoms with van der Waals surface area (Å²) >= 11 is 0. The number of carbonyl (C=O) groups is 1. The molecule has 1 atom stereocenters. The van der Waals surface area contributed by atoms with E-state index in [0.29, 0.717) is 18.7 Å². The van der Waals surface area contributed by atoms with E-state index in [1.807, 2.05) is 24.3 Å². The molecule has 1 aliphatic heterocycles. The summed E-state index contributed by atoms with van der Waals surface area (Å²) in [5.41, 5.74) is 1.53. The second kappa shape index (κ2) is 6.48. The number of benzene rings is 2. The Hall–Kier alpha value is -2.89. The summed E-state index contributed by atoms with van der Waals surface area (Å²) in [5.74, 6) is 0.885. The Kier molecular flexibility index (Phi) is 4.23. The van der Waals surface area contributed by atoms with Crippen LogP contribution in [0, 0.1) is 16.0 Å². The van der Waals surface area contributed by atoms with Crippen LogP contribution in [0.2, 0.25) is 0 Å². The van der Waals surface area contributed by atoms with Crippen LogP contribution in [-0.2, 0) is 6.42 Å². The highest BCUT2D eigenvalue weighted by Gasteiger charge is 2.20. The monoisotopic (exact) mass is 312 g/mol. The van der Waals surface area contributed by atoms with E-state index in [-0.39, 0.29) is 17.5 Å². The van der Waals surface area contributed by atoms with Crippen molar-refractivity contribution in [3.63, 3.8) is 0 Å². The van der Waals surface area contributed by atoms with E-state index in [0.717, 1.165) is 17.7 Å². The third-order valence-corrected chi connectivity index (χ3v) is 3.85. The highest BCUT2D eigenvalue weighted by molar-refractivity contribution is 5.94. The van der Waals surface area contributed by atoms with Crippen molar-refractivity contribution in [2.45, 2.75) is 6.42 Å². The molecule has 0 saturated carbocycles. The molecule has 23 heavy (non-hydrogen) atoms. The molecule has 6 heteroatoms. The van der Waals surface area contributed by atoms with Gasteiger partial charge in [0.25, 0.3) is 11.6 Å². The molecule has 2 aromatic rings. The molecular weight excluding hydrogens is 296 g/mol. The number of rotatable bonds is 4. The number of nitrogens with zero attached hydrogens (tertiary/aromatic N) is 1. The Morgan fingerprint density at radius 3 is 2.70 bits per heavy atom. The van der Waals surface area contributed by atoms with Gasteiger partial charge in [0.05, 0.1) is 11.5 Å². The van der Waals surface area contributed by atoms with Crippen LogP contribution in [0.4, 0.5) is 5.69 Å². The summed E-state index contributed by atoms with van der Waals surface area (Å²) in [6, 6.07) is 13.5. The molecule has 0 aliphatic carbocycles. The van der Waals surface area contributed by atoms with Crippen molar-refractivity contribution in [1.82, 2.24) is 5.32 Å². The number of amides is 1. The summed E-state index contributed by atoms with van der Waals surface area (Å²) in [6.45, 7) is 1.07. The smallest absolute Gasteiger partial charge is 0.269 e. The van der Waals surface area contributed by atoms with E-state index >= 15 is 0 Å². The van der Waals surface area contributed by atoms with Crippen LogP contribution in [0.1, 0.15) is 15.9 Å². The number of non-ortho nitro benzene ring substituents is 1. The predicted octanol–water partition coefficient (Wildman–Crippen LogP) is 2.58. The van der Waals surface area contributed by atoms with E-state index < -0.39 is 4.92 Å². The molecule has 0 fully saturated rings. The van der Waals surface area contributed by atoms with Crippen molar-refractivity contribution >= 4 is 11.6 Å². The van der Waals surface area contributed by atoms with Crippen molar-refractivity contribution in [3.05, 3.63) is 69.8 Å². The standard InChI is InChI=1S/C17H16N2O4/c20-17(13-5-7-15(8-6-13)19(21)22)18-10-12-9-14-3-1-2-4-16(14)23-11-12/h1-8,12H,9-11H2,(H,18,20)/t12-/m0/s1. The second-order valence-corrected chi connectivity index (χ2v) is 5.50. The van der Waals surface area contributed by atoms with E-state index in [1.165, 1.54) is 24.3 Å². The van der Waals surface area contributed by atoms with Crippen LogP contribution in [0.5, 0.6) is 5.75 Å². The predicted molar refractivity (Wildman–Crippen MR) is 84.6 cm³/mol. The van der Waals surface area contributed by atoms with Crippen molar-refractivity contribution in [3.8, 4) is 5.75 Å². The average Bonchev–Trinajstić information content (AvgIpc) is 2.59. The maximum Gasteiger partial charge on any atom is 0.269 e. The first-order chi connectivity index (χ1) is 11.1. The molecule has 1 amide bonds. The number of carbonyl (C=O) groups excluding carboxylic acids is 1. The third-order valence-electron chi connectivity index (χ3n) is 3.85. The van der Waals surface area contributed by atoms with Gasteiger partial charge in [-0.3, -0.25) is 14.9 Å². The zero-order valence-electron chi connectivity index (χ0n) is 12.4. The van der Waals surface area contributed by atoms with Gasteiger partial charge in [-0.2, -0.15) is 0 Å². The van der Waals surface area contributed by atoms with Gasteiger partial charge in [0, 0.05) is 30.2 Å². The van der Waals surface area contributed by atoms with E-state index in [4.69, 9.17) is 4.74 Å². The Morgan fingerprint density at radius 2 is 1.96 bits per heavy atom.